The molecule has 1 saturated heterocycles. The number of halogens is 3. The number of nitrogens with zero attached hydrogens (tertiary/aromatic N) is 1. The van der Waals surface area contributed by atoms with Gasteiger partial charge in [-0.3, -0.25) is 19.8 Å². The Morgan fingerprint density at radius 2 is 1.88 bits per heavy atom. The average molecular weight is 526 g/mol. The van der Waals surface area contributed by atoms with Crippen LogP contribution in [-0.2, 0) is 16.2 Å². The first kappa shape index (κ1) is 25.1. The van der Waals surface area contributed by atoms with Gasteiger partial charge in [-0.1, -0.05) is 46.9 Å². The summed E-state index contributed by atoms with van der Waals surface area (Å²) in [5.41, 5.74) is 1.10. The van der Waals surface area contributed by atoms with Crippen LogP contribution in [0.3, 0.4) is 0 Å². The number of benzene rings is 2. The van der Waals surface area contributed by atoms with Gasteiger partial charge in [-0.05, 0) is 55.0 Å². The zero-order chi connectivity index (χ0) is 24.1. The quantitative estimate of drug-likeness (QED) is 0.215. The molecule has 1 N–H and O–H groups in total. The van der Waals surface area contributed by atoms with Crippen molar-refractivity contribution in [3.63, 3.8) is 0 Å². The van der Waals surface area contributed by atoms with Crippen molar-refractivity contribution >= 4 is 70.0 Å². The topological polar surface area (TPSA) is 67.9 Å². The number of hydrogen-bond donors (Lipinski definition) is 1. The van der Waals surface area contributed by atoms with Gasteiger partial charge in [-0.15, -0.1) is 6.58 Å². The molecule has 0 atom stereocenters. The number of carbonyl (C=O) groups excluding carboxylic acids is 2. The van der Waals surface area contributed by atoms with Crippen LogP contribution in [0.4, 0.5) is 0 Å². The largest absolute Gasteiger partial charge is 0.490 e. The summed E-state index contributed by atoms with van der Waals surface area (Å²) in [5.74, 6) is -0.475. The molecule has 2 amide bonds. The molecule has 1 aliphatic rings. The highest BCUT2D eigenvalue weighted by molar-refractivity contribution is 7.80. The van der Waals surface area contributed by atoms with Crippen molar-refractivity contribution in [3.05, 3.63) is 74.8 Å². The summed E-state index contributed by atoms with van der Waals surface area (Å²) in [4.78, 5) is 26.4. The average Bonchev–Trinajstić information content (AvgIpc) is 2.75. The number of amides is 2. The van der Waals surface area contributed by atoms with Crippen LogP contribution in [0.2, 0.25) is 15.1 Å². The van der Waals surface area contributed by atoms with Crippen molar-refractivity contribution in [3.8, 4) is 11.5 Å². The van der Waals surface area contributed by atoms with Crippen LogP contribution < -0.4 is 14.8 Å². The number of hydrogen-bond acceptors (Lipinski definition) is 5. The monoisotopic (exact) mass is 524 g/mol. The molecule has 0 aliphatic carbocycles. The van der Waals surface area contributed by atoms with Gasteiger partial charge in [0.05, 0.1) is 11.6 Å². The van der Waals surface area contributed by atoms with Gasteiger partial charge in [-0.25, -0.2) is 0 Å². The van der Waals surface area contributed by atoms with Crippen molar-refractivity contribution in [2.45, 2.75) is 13.5 Å². The predicted molar refractivity (Wildman–Crippen MR) is 134 cm³/mol. The Morgan fingerprint density at radius 3 is 2.55 bits per heavy atom. The Morgan fingerprint density at radius 1 is 1.12 bits per heavy atom. The van der Waals surface area contributed by atoms with Crippen molar-refractivity contribution in [2.75, 3.05) is 13.2 Å². The highest BCUT2D eigenvalue weighted by Gasteiger charge is 2.32. The van der Waals surface area contributed by atoms with Gasteiger partial charge in [0, 0.05) is 22.2 Å². The van der Waals surface area contributed by atoms with Crippen LogP contribution >= 0.6 is 47.0 Å². The van der Waals surface area contributed by atoms with Gasteiger partial charge in [0.2, 0.25) is 0 Å². The summed E-state index contributed by atoms with van der Waals surface area (Å²) in [5, 5.41) is 3.74. The second-order valence-corrected chi connectivity index (χ2v) is 8.45. The third kappa shape index (κ3) is 5.86. The summed E-state index contributed by atoms with van der Waals surface area (Å²) >= 11 is 23.7. The first-order chi connectivity index (χ1) is 15.7. The Hall–Kier alpha value is -2.58. The Bertz CT molecular complexity index is 1170. The number of nitrogens with one attached hydrogen (secondary N) is 1. The van der Waals surface area contributed by atoms with Gasteiger partial charge in [0.25, 0.3) is 11.8 Å². The maximum Gasteiger partial charge on any atom is 0.265 e. The van der Waals surface area contributed by atoms with E-state index in [1.807, 2.05) is 6.92 Å². The van der Waals surface area contributed by atoms with Crippen LogP contribution in [0, 0.1) is 0 Å². The maximum absolute atomic E-state index is 12.8. The molecule has 0 unspecified atom stereocenters. The summed E-state index contributed by atoms with van der Waals surface area (Å²) in [6, 6.07) is 8.29. The highest BCUT2D eigenvalue weighted by atomic mass is 35.5. The van der Waals surface area contributed by atoms with Crippen LogP contribution in [-0.4, -0.2) is 35.0 Å². The fourth-order valence-corrected chi connectivity index (χ4v) is 4.01. The van der Waals surface area contributed by atoms with E-state index in [0.29, 0.717) is 39.3 Å². The molecular formula is C23H19Cl3N2O4S. The lowest BCUT2D eigenvalue weighted by Crippen LogP contribution is -2.53. The van der Waals surface area contributed by atoms with Gasteiger partial charge >= 0.3 is 0 Å². The molecule has 0 saturated carbocycles. The molecule has 2 aromatic rings. The van der Waals surface area contributed by atoms with Crippen LogP contribution in [0.1, 0.15) is 18.1 Å². The lowest BCUT2D eigenvalue weighted by Gasteiger charge is -2.27. The van der Waals surface area contributed by atoms with E-state index < -0.39 is 11.8 Å². The molecule has 6 nitrogen and oxygen atoms in total. The molecule has 0 bridgehead atoms. The molecule has 1 heterocycles. The third-order valence-electron chi connectivity index (χ3n) is 4.53. The van der Waals surface area contributed by atoms with Gasteiger partial charge in [0.1, 0.15) is 12.2 Å². The Labute approximate surface area is 211 Å². The molecule has 0 spiro atoms. The van der Waals surface area contributed by atoms with Gasteiger partial charge in [0.15, 0.2) is 16.6 Å². The highest BCUT2D eigenvalue weighted by Crippen LogP contribution is 2.38. The van der Waals surface area contributed by atoms with Crippen molar-refractivity contribution in [1.29, 1.82) is 0 Å². The number of carbonyl (C=O) groups is 2. The van der Waals surface area contributed by atoms with Gasteiger partial charge in [-0.2, -0.15) is 0 Å². The molecule has 3 rings (SSSR count). The van der Waals surface area contributed by atoms with E-state index in [2.05, 4.69) is 11.9 Å². The lowest BCUT2D eigenvalue weighted by atomic mass is 10.1. The van der Waals surface area contributed by atoms with Crippen molar-refractivity contribution in [2.24, 2.45) is 0 Å². The molecule has 1 fully saturated rings. The lowest BCUT2D eigenvalue weighted by molar-refractivity contribution is -0.128. The molecule has 0 aromatic heterocycles. The molecule has 0 radical (unpaired) electrons. The second-order valence-electron chi connectivity index (χ2n) is 6.81. The molecule has 172 valence electrons. The summed E-state index contributed by atoms with van der Waals surface area (Å²) in [6.07, 6.45) is 2.94. The number of thiocarbonyl (C=S) groups is 1. The van der Waals surface area contributed by atoms with E-state index in [4.69, 9.17) is 56.5 Å². The van der Waals surface area contributed by atoms with Crippen molar-refractivity contribution < 1.29 is 19.1 Å². The molecular weight excluding hydrogens is 507 g/mol. The molecule has 10 heteroatoms. The van der Waals surface area contributed by atoms with Crippen LogP contribution in [0.15, 0.2) is 48.6 Å². The number of ether oxygens (including phenoxy) is 2. The SMILES string of the molecule is C=CCN1C(=O)/C(=C/c2cc(Cl)c(OCc3ccc(Cl)cc3Cl)c(OCC)c2)C(=O)NC1=S. The van der Waals surface area contributed by atoms with E-state index in [9.17, 15) is 9.59 Å². The van der Waals surface area contributed by atoms with Crippen LogP contribution in [0.25, 0.3) is 6.08 Å². The third-order valence-corrected chi connectivity index (χ3v) is 5.72. The predicted octanol–water partition coefficient (Wildman–Crippen LogP) is 5.44. The fraction of sp³-hybridized carbons (Fsp3) is 0.174. The first-order valence-corrected chi connectivity index (χ1v) is 11.3. The molecule has 1 aliphatic heterocycles. The minimum Gasteiger partial charge on any atom is -0.490 e. The van der Waals surface area contributed by atoms with E-state index in [0.717, 1.165) is 0 Å². The zero-order valence-electron chi connectivity index (χ0n) is 17.5. The maximum atomic E-state index is 12.8. The minimum absolute atomic E-state index is 0.0275. The minimum atomic E-state index is -0.600. The standard InChI is InChI=1S/C23H19Cl3N2O4S/c1-3-7-28-22(30)16(21(29)27-23(28)33)8-13-9-18(26)20(19(10-13)31-4-2)32-12-14-5-6-15(24)11-17(14)25/h3,5-6,8-11H,1,4,7,12H2,2H3,(H,27,29,33)/b16-8+. The first-order valence-electron chi connectivity index (χ1n) is 9.78. The van der Waals surface area contributed by atoms with Crippen molar-refractivity contribution in [1.82, 2.24) is 10.2 Å². The normalized spacial score (nSPS) is 15.0. The van der Waals surface area contributed by atoms with Gasteiger partial charge < -0.3 is 9.47 Å². The Kier molecular flexibility index (Phi) is 8.37. The van der Waals surface area contributed by atoms with E-state index in [1.54, 1.807) is 30.3 Å². The molecule has 2 aromatic carbocycles. The van der Waals surface area contributed by atoms with E-state index in [1.165, 1.54) is 17.1 Å². The fourth-order valence-electron chi connectivity index (χ4n) is 3.02. The molecule has 33 heavy (non-hydrogen) atoms. The summed E-state index contributed by atoms with van der Waals surface area (Å²) in [7, 11) is 0. The number of rotatable bonds is 8. The smallest absolute Gasteiger partial charge is 0.265 e. The Balaban J connectivity index is 1.93. The van der Waals surface area contributed by atoms with E-state index >= 15 is 0 Å². The van der Waals surface area contributed by atoms with Crippen LogP contribution in [0.5, 0.6) is 11.5 Å². The summed E-state index contributed by atoms with van der Waals surface area (Å²) < 4.78 is 11.6. The van der Waals surface area contributed by atoms with E-state index in [-0.39, 0.29) is 28.9 Å². The second kappa shape index (κ2) is 11.0. The summed E-state index contributed by atoms with van der Waals surface area (Å²) in [6.45, 7) is 6.06. The zero-order valence-corrected chi connectivity index (χ0v) is 20.6.